The molecule has 0 bridgehead atoms. The van der Waals surface area contributed by atoms with E-state index in [-0.39, 0.29) is 0 Å². The Morgan fingerprint density at radius 2 is 2.00 bits per heavy atom. The Morgan fingerprint density at radius 1 is 1.08 bits per heavy atom. The van der Waals surface area contributed by atoms with Crippen LogP contribution in [-0.4, -0.2) is 31.0 Å². The maximum atomic E-state index is 6.00. The van der Waals surface area contributed by atoms with Gasteiger partial charge in [-0.2, -0.15) is 0 Å². The minimum atomic E-state index is 0.489. The van der Waals surface area contributed by atoms with Crippen LogP contribution in [-0.2, 0) is 0 Å². The molecule has 4 aromatic rings. The Hall–Kier alpha value is -3.22. The molecule has 4 N–H and O–H groups in total. The molecule has 7 nitrogen and oxygen atoms in total. The summed E-state index contributed by atoms with van der Waals surface area (Å²) in [6.45, 7) is 0. The topological polar surface area (TPSA) is 105 Å². The van der Waals surface area contributed by atoms with Gasteiger partial charge >= 0.3 is 0 Å². The van der Waals surface area contributed by atoms with Crippen molar-refractivity contribution in [1.82, 2.24) is 24.9 Å². The fourth-order valence-electron chi connectivity index (χ4n) is 2.78. The number of nitrogens with two attached hydrogens (primary N) is 1. The second-order valence-electron chi connectivity index (χ2n) is 6.03. The second-order valence-corrected chi connectivity index (χ2v) is 6.03. The number of imidazole rings is 1. The molecule has 24 heavy (non-hydrogen) atoms. The number of benzene rings is 1. The molecule has 7 heteroatoms. The third-order valence-corrected chi connectivity index (χ3v) is 4.20. The van der Waals surface area contributed by atoms with E-state index in [2.05, 4.69) is 30.2 Å². The quantitative estimate of drug-likeness (QED) is 0.502. The van der Waals surface area contributed by atoms with Crippen molar-refractivity contribution in [2.75, 3.05) is 11.1 Å². The molecule has 0 atom stereocenters. The van der Waals surface area contributed by atoms with Crippen LogP contribution in [0.4, 0.5) is 11.5 Å². The Balaban J connectivity index is 1.67. The fourth-order valence-corrected chi connectivity index (χ4v) is 2.78. The van der Waals surface area contributed by atoms with Crippen molar-refractivity contribution >= 4 is 33.6 Å². The molecule has 0 saturated heterocycles. The Bertz CT molecular complexity index is 1070. The van der Waals surface area contributed by atoms with Crippen LogP contribution in [0.15, 0.2) is 36.7 Å². The molecule has 0 radical (unpaired) electrons. The minimum Gasteiger partial charge on any atom is -0.398 e. The normalized spacial score (nSPS) is 14.3. The van der Waals surface area contributed by atoms with Gasteiger partial charge in [0.25, 0.3) is 0 Å². The van der Waals surface area contributed by atoms with Crippen LogP contribution in [0.25, 0.3) is 33.6 Å². The lowest BCUT2D eigenvalue weighted by Gasteiger charge is -2.08. The predicted octanol–water partition coefficient (Wildman–Crippen LogP) is 2.72. The van der Waals surface area contributed by atoms with Crippen LogP contribution in [0.3, 0.4) is 0 Å². The molecule has 1 aromatic carbocycles. The number of nitrogens with zero attached hydrogens (tertiary/aromatic N) is 4. The molecular weight excluding hydrogens is 302 g/mol. The first kappa shape index (κ1) is 13.2. The first-order valence-corrected chi connectivity index (χ1v) is 7.91. The van der Waals surface area contributed by atoms with Gasteiger partial charge in [-0.25, -0.2) is 19.9 Å². The molecule has 1 aliphatic carbocycles. The number of aromatic amines is 1. The molecule has 5 rings (SSSR count). The van der Waals surface area contributed by atoms with E-state index in [4.69, 9.17) is 5.73 Å². The summed E-state index contributed by atoms with van der Waals surface area (Å²) in [7, 11) is 0. The zero-order valence-electron chi connectivity index (χ0n) is 12.8. The maximum Gasteiger partial charge on any atom is 0.183 e. The summed E-state index contributed by atoms with van der Waals surface area (Å²) >= 11 is 0. The van der Waals surface area contributed by atoms with E-state index >= 15 is 0 Å². The van der Waals surface area contributed by atoms with Crippen LogP contribution < -0.4 is 11.1 Å². The molecule has 1 saturated carbocycles. The van der Waals surface area contributed by atoms with Crippen molar-refractivity contribution in [1.29, 1.82) is 0 Å². The van der Waals surface area contributed by atoms with E-state index in [0.29, 0.717) is 28.9 Å². The van der Waals surface area contributed by atoms with Crippen LogP contribution in [0.5, 0.6) is 0 Å². The largest absolute Gasteiger partial charge is 0.398 e. The highest BCUT2D eigenvalue weighted by Crippen LogP contribution is 2.29. The van der Waals surface area contributed by atoms with Gasteiger partial charge in [0, 0.05) is 17.1 Å². The SMILES string of the molecule is Nc1cccc2nc(-c3nc(NC4CC4)c4[nH]cnc4n3)ccc12. The molecule has 1 fully saturated rings. The van der Waals surface area contributed by atoms with Gasteiger partial charge in [0.2, 0.25) is 0 Å². The Kier molecular flexibility index (Phi) is 2.70. The van der Waals surface area contributed by atoms with E-state index in [1.807, 2.05) is 30.3 Å². The van der Waals surface area contributed by atoms with E-state index in [1.54, 1.807) is 6.33 Å². The molecule has 118 valence electrons. The summed E-state index contributed by atoms with van der Waals surface area (Å²) in [5, 5.41) is 4.36. The maximum absolute atomic E-state index is 6.00. The standard InChI is InChI=1S/C17H15N7/c18-11-2-1-3-12-10(11)6-7-13(22-12)15-23-16-14(19-8-20-16)17(24-15)21-9-4-5-9/h1-3,6-9H,4-5,18H2,(H2,19,20,21,23,24). The van der Waals surface area contributed by atoms with Gasteiger partial charge in [-0.1, -0.05) is 6.07 Å². The lowest BCUT2D eigenvalue weighted by Crippen LogP contribution is -2.06. The van der Waals surface area contributed by atoms with Gasteiger partial charge in [-0.05, 0) is 37.1 Å². The summed E-state index contributed by atoms with van der Waals surface area (Å²) < 4.78 is 0. The van der Waals surface area contributed by atoms with Crippen molar-refractivity contribution in [2.45, 2.75) is 18.9 Å². The molecule has 0 spiro atoms. The number of rotatable bonds is 3. The van der Waals surface area contributed by atoms with Gasteiger partial charge in [0.1, 0.15) is 11.2 Å². The number of anilines is 2. The molecule has 3 heterocycles. The van der Waals surface area contributed by atoms with E-state index in [0.717, 1.165) is 22.2 Å². The summed E-state index contributed by atoms with van der Waals surface area (Å²) in [5.74, 6) is 1.34. The smallest absolute Gasteiger partial charge is 0.183 e. The van der Waals surface area contributed by atoms with Crippen LogP contribution in [0, 0.1) is 0 Å². The number of aromatic nitrogens is 5. The van der Waals surface area contributed by atoms with Crippen molar-refractivity contribution in [3.05, 3.63) is 36.7 Å². The van der Waals surface area contributed by atoms with E-state index < -0.39 is 0 Å². The summed E-state index contributed by atoms with van der Waals surface area (Å²) in [6, 6.07) is 10.0. The summed E-state index contributed by atoms with van der Waals surface area (Å²) in [5.41, 5.74) is 9.71. The van der Waals surface area contributed by atoms with Crippen LogP contribution in [0.2, 0.25) is 0 Å². The molecule has 0 amide bonds. The zero-order valence-corrected chi connectivity index (χ0v) is 12.8. The number of pyridine rings is 1. The van der Waals surface area contributed by atoms with Crippen molar-refractivity contribution in [3.63, 3.8) is 0 Å². The van der Waals surface area contributed by atoms with Gasteiger partial charge in [-0.15, -0.1) is 0 Å². The zero-order chi connectivity index (χ0) is 16.1. The number of fused-ring (bicyclic) bond motifs is 2. The van der Waals surface area contributed by atoms with Gasteiger partial charge in [0.15, 0.2) is 17.3 Å². The summed E-state index contributed by atoms with van der Waals surface area (Å²) in [6.07, 6.45) is 3.97. The number of nitrogen functional groups attached to an aromatic ring is 1. The number of hydrogen-bond acceptors (Lipinski definition) is 6. The third-order valence-electron chi connectivity index (χ3n) is 4.20. The summed E-state index contributed by atoms with van der Waals surface area (Å²) in [4.78, 5) is 21.2. The van der Waals surface area contributed by atoms with Gasteiger partial charge in [-0.3, -0.25) is 0 Å². The Labute approximate surface area is 137 Å². The van der Waals surface area contributed by atoms with Crippen LogP contribution in [0.1, 0.15) is 12.8 Å². The molecule has 1 aliphatic rings. The first-order valence-electron chi connectivity index (χ1n) is 7.91. The highest BCUT2D eigenvalue weighted by Gasteiger charge is 2.23. The van der Waals surface area contributed by atoms with Crippen molar-refractivity contribution in [2.24, 2.45) is 0 Å². The monoisotopic (exact) mass is 317 g/mol. The molecule has 3 aromatic heterocycles. The highest BCUT2D eigenvalue weighted by molar-refractivity contribution is 5.91. The molecule has 0 aliphatic heterocycles. The van der Waals surface area contributed by atoms with E-state index in [9.17, 15) is 0 Å². The number of hydrogen-bond donors (Lipinski definition) is 3. The molecule has 0 unspecified atom stereocenters. The van der Waals surface area contributed by atoms with Gasteiger partial charge < -0.3 is 16.0 Å². The van der Waals surface area contributed by atoms with Crippen molar-refractivity contribution < 1.29 is 0 Å². The average Bonchev–Trinajstić information content (AvgIpc) is 3.28. The average molecular weight is 317 g/mol. The second kappa shape index (κ2) is 4.89. The third kappa shape index (κ3) is 2.13. The minimum absolute atomic E-state index is 0.489. The van der Waals surface area contributed by atoms with E-state index in [1.165, 1.54) is 12.8 Å². The van der Waals surface area contributed by atoms with Crippen LogP contribution >= 0.6 is 0 Å². The highest BCUT2D eigenvalue weighted by atomic mass is 15.1. The predicted molar refractivity (Wildman–Crippen MR) is 93.5 cm³/mol. The lowest BCUT2D eigenvalue weighted by atomic mass is 10.1. The number of nitrogens with one attached hydrogen (secondary N) is 2. The van der Waals surface area contributed by atoms with Gasteiger partial charge in [0.05, 0.1) is 11.8 Å². The lowest BCUT2D eigenvalue weighted by molar-refractivity contribution is 1.09. The first-order chi connectivity index (χ1) is 11.8. The van der Waals surface area contributed by atoms with Crippen molar-refractivity contribution in [3.8, 4) is 11.5 Å². The number of H-pyrrole nitrogens is 1. The Morgan fingerprint density at radius 3 is 2.88 bits per heavy atom. The fraction of sp³-hybridized carbons (Fsp3) is 0.176. The molecular formula is C17H15N7.